The van der Waals surface area contributed by atoms with Crippen molar-refractivity contribution in [3.05, 3.63) is 29.8 Å². The van der Waals surface area contributed by atoms with Crippen LogP contribution in [0.15, 0.2) is 24.3 Å². The first-order valence-corrected chi connectivity index (χ1v) is 7.75. The lowest BCUT2D eigenvalue weighted by Gasteiger charge is -2.20. The molecule has 1 aromatic rings. The Bertz CT molecular complexity index is 493. The molecule has 4 nitrogen and oxygen atoms in total. The largest absolute Gasteiger partial charge is 0.427 e. The number of carbonyl (C=O) groups is 2. The Kier molecular flexibility index (Phi) is 5.78. The van der Waals surface area contributed by atoms with Gasteiger partial charge < -0.3 is 10.5 Å². The van der Waals surface area contributed by atoms with E-state index in [1.807, 2.05) is 0 Å². The lowest BCUT2D eigenvalue weighted by Crippen LogP contribution is -2.13. The second kappa shape index (κ2) is 7.81. The van der Waals surface area contributed by atoms with E-state index in [0.29, 0.717) is 17.7 Å². The van der Waals surface area contributed by atoms with E-state index in [-0.39, 0.29) is 5.97 Å². The zero-order valence-corrected chi connectivity index (χ0v) is 12.3. The average molecular weight is 289 g/mol. The third-order valence-electron chi connectivity index (χ3n) is 4.07. The number of rotatable bonds is 6. The van der Waals surface area contributed by atoms with Crippen LogP contribution in [-0.4, -0.2) is 11.9 Å². The number of esters is 1. The summed E-state index contributed by atoms with van der Waals surface area (Å²) in [6, 6.07) is 6.42. The van der Waals surface area contributed by atoms with Crippen LogP contribution in [0.5, 0.6) is 5.75 Å². The summed E-state index contributed by atoms with van der Waals surface area (Å²) in [5, 5.41) is 0. The maximum Gasteiger partial charge on any atom is 0.311 e. The van der Waals surface area contributed by atoms with Gasteiger partial charge in [-0.3, -0.25) is 9.59 Å². The molecule has 0 radical (unpaired) electrons. The highest BCUT2D eigenvalue weighted by atomic mass is 16.5. The molecule has 4 heteroatoms. The number of primary amides is 1. The standard InChI is InChI=1S/C17H23NO3/c18-17(20)14-9-5-10-15(12-14)21-16(19)11-4-8-13-6-2-1-3-7-13/h5,9-10,12-13H,1-4,6-8,11H2,(H2,18,20). The molecule has 0 spiro atoms. The Balaban J connectivity index is 1.73. The highest BCUT2D eigenvalue weighted by Crippen LogP contribution is 2.27. The number of carbonyl (C=O) groups excluding carboxylic acids is 2. The molecule has 1 amide bonds. The number of ether oxygens (including phenoxy) is 1. The normalized spacial score (nSPS) is 15.6. The van der Waals surface area contributed by atoms with Crippen molar-refractivity contribution in [2.24, 2.45) is 11.7 Å². The van der Waals surface area contributed by atoms with E-state index in [9.17, 15) is 9.59 Å². The Hall–Kier alpha value is -1.84. The summed E-state index contributed by atoms with van der Waals surface area (Å²) in [6.45, 7) is 0. The smallest absolute Gasteiger partial charge is 0.311 e. The molecule has 21 heavy (non-hydrogen) atoms. The van der Waals surface area contributed by atoms with Crippen LogP contribution in [0.4, 0.5) is 0 Å². The molecule has 1 fully saturated rings. The first kappa shape index (κ1) is 15.5. The van der Waals surface area contributed by atoms with Crippen LogP contribution in [0.3, 0.4) is 0 Å². The Morgan fingerprint density at radius 3 is 2.67 bits per heavy atom. The minimum Gasteiger partial charge on any atom is -0.427 e. The molecule has 1 saturated carbocycles. The number of benzene rings is 1. The van der Waals surface area contributed by atoms with Crippen LogP contribution in [-0.2, 0) is 4.79 Å². The van der Waals surface area contributed by atoms with Gasteiger partial charge in [0.2, 0.25) is 5.91 Å². The Morgan fingerprint density at radius 1 is 1.19 bits per heavy atom. The SMILES string of the molecule is NC(=O)c1cccc(OC(=O)CCCC2CCCCC2)c1. The fraction of sp³-hybridized carbons (Fsp3) is 0.529. The van der Waals surface area contributed by atoms with E-state index in [2.05, 4.69) is 0 Å². The van der Waals surface area contributed by atoms with Crippen molar-refractivity contribution in [3.63, 3.8) is 0 Å². The predicted molar refractivity (Wildman–Crippen MR) is 81.0 cm³/mol. The molecule has 2 rings (SSSR count). The average Bonchev–Trinajstić information content (AvgIpc) is 2.48. The van der Waals surface area contributed by atoms with Crippen molar-refractivity contribution < 1.29 is 14.3 Å². The molecule has 2 N–H and O–H groups in total. The lowest BCUT2D eigenvalue weighted by molar-refractivity contribution is -0.134. The predicted octanol–water partition coefficient (Wildman–Crippen LogP) is 3.44. The summed E-state index contributed by atoms with van der Waals surface area (Å²) in [5.74, 6) is 0.399. The second-order valence-electron chi connectivity index (χ2n) is 5.76. The summed E-state index contributed by atoms with van der Waals surface area (Å²) in [7, 11) is 0. The zero-order chi connectivity index (χ0) is 15.1. The third-order valence-corrected chi connectivity index (χ3v) is 4.07. The molecule has 1 aliphatic carbocycles. The van der Waals surface area contributed by atoms with Gasteiger partial charge in [0.25, 0.3) is 0 Å². The van der Waals surface area contributed by atoms with Crippen molar-refractivity contribution in [1.29, 1.82) is 0 Å². The molecular formula is C17H23NO3. The van der Waals surface area contributed by atoms with Gasteiger partial charge in [-0.2, -0.15) is 0 Å². The van der Waals surface area contributed by atoms with Gasteiger partial charge in [0.1, 0.15) is 5.75 Å². The van der Waals surface area contributed by atoms with E-state index in [1.54, 1.807) is 18.2 Å². The molecule has 0 bridgehead atoms. The van der Waals surface area contributed by atoms with Crippen LogP contribution < -0.4 is 10.5 Å². The minimum atomic E-state index is -0.523. The maximum absolute atomic E-state index is 11.8. The molecule has 1 aliphatic rings. The Labute approximate surface area is 125 Å². The fourth-order valence-corrected chi connectivity index (χ4v) is 2.91. The number of hydrogen-bond donors (Lipinski definition) is 1. The molecule has 0 heterocycles. The van der Waals surface area contributed by atoms with Crippen molar-refractivity contribution in [2.75, 3.05) is 0 Å². The molecule has 1 aromatic carbocycles. The van der Waals surface area contributed by atoms with Crippen LogP contribution in [0.2, 0.25) is 0 Å². The topological polar surface area (TPSA) is 69.4 Å². The summed E-state index contributed by atoms with van der Waals surface area (Å²) < 4.78 is 5.25. The lowest BCUT2D eigenvalue weighted by atomic mass is 9.86. The van der Waals surface area contributed by atoms with Gasteiger partial charge in [0.15, 0.2) is 0 Å². The minimum absolute atomic E-state index is 0.243. The van der Waals surface area contributed by atoms with Gasteiger partial charge >= 0.3 is 5.97 Å². The first-order chi connectivity index (χ1) is 10.1. The number of nitrogens with two attached hydrogens (primary N) is 1. The van der Waals surface area contributed by atoms with Crippen LogP contribution in [0.1, 0.15) is 61.7 Å². The van der Waals surface area contributed by atoms with Gasteiger partial charge in [-0.15, -0.1) is 0 Å². The van der Waals surface area contributed by atoms with Crippen LogP contribution in [0.25, 0.3) is 0 Å². The molecule has 0 saturated heterocycles. The summed E-state index contributed by atoms with van der Waals surface area (Å²) in [5.41, 5.74) is 5.55. The van der Waals surface area contributed by atoms with E-state index in [0.717, 1.165) is 18.8 Å². The van der Waals surface area contributed by atoms with Gasteiger partial charge in [-0.1, -0.05) is 38.2 Å². The quantitative estimate of drug-likeness (QED) is 0.644. The summed E-state index contributed by atoms with van der Waals surface area (Å²) >= 11 is 0. The number of hydrogen-bond acceptors (Lipinski definition) is 3. The molecule has 0 atom stereocenters. The van der Waals surface area contributed by atoms with Crippen molar-refractivity contribution in [3.8, 4) is 5.75 Å². The summed E-state index contributed by atoms with van der Waals surface area (Å²) in [4.78, 5) is 22.9. The van der Waals surface area contributed by atoms with E-state index < -0.39 is 5.91 Å². The monoisotopic (exact) mass is 289 g/mol. The van der Waals surface area contributed by atoms with Crippen molar-refractivity contribution >= 4 is 11.9 Å². The zero-order valence-electron chi connectivity index (χ0n) is 12.3. The maximum atomic E-state index is 11.8. The highest BCUT2D eigenvalue weighted by molar-refractivity contribution is 5.93. The van der Waals surface area contributed by atoms with Gasteiger partial charge in [0.05, 0.1) is 0 Å². The fourth-order valence-electron chi connectivity index (χ4n) is 2.91. The molecular weight excluding hydrogens is 266 g/mol. The summed E-state index contributed by atoms with van der Waals surface area (Å²) in [6.07, 6.45) is 9.02. The van der Waals surface area contributed by atoms with Gasteiger partial charge in [-0.25, -0.2) is 0 Å². The van der Waals surface area contributed by atoms with Gasteiger partial charge in [0, 0.05) is 12.0 Å². The van der Waals surface area contributed by atoms with E-state index in [1.165, 1.54) is 38.2 Å². The Morgan fingerprint density at radius 2 is 1.95 bits per heavy atom. The number of amides is 1. The highest BCUT2D eigenvalue weighted by Gasteiger charge is 2.14. The van der Waals surface area contributed by atoms with Crippen LogP contribution >= 0.6 is 0 Å². The third kappa shape index (κ3) is 5.21. The molecule has 0 aliphatic heterocycles. The molecule has 0 unspecified atom stereocenters. The van der Waals surface area contributed by atoms with Crippen molar-refractivity contribution in [2.45, 2.75) is 51.4 Å². The first-order valence-electron chi connectivity index (χ1n) is 7.75. The second-order valence-corrected chi connectivity index (χ2v) is 5.76. The van der Waals surface area contributed by atoms with E-state index >= 15 is 0 Å². The van der Waals surface area contributed by atoms with E-state index in [4.69, 9.17) is 10.5 Å². The van der Waals surface area contributed by atoms with Crippen LogP contribution in [0, 0.1) is 5.92 Å². The van der Waals surface area contributed by atoms with Crippen molar-refractivity contribution in [1.82, 2.24) is 0 Å². The van der Waals surface area contributed by atoms with Gasteiger partial charge in [-0.05, 0) is 37.0 Å². The molecule has 0 aromatic heterocycles. The molecule has 114 valence electrons.